The van der Waals surface area contributed by atoms with Crippen LogP contribution in [0.1, 0.15) is 30.9 Å². The smallest absolute Gasteiger partial charge is 0.316 e. The number of hydrogen-bond donors (Lipinski definition) is 0. The van der Waals surface area contributed by atoms with E-state index in [1.54, 1.807) is 0 Å². The van der Waals surface area contributed by atoms with Gasteiger partial charge in [-0.2, -0.15) is 0 Å². The van der Waals surface area contributed by atoms with E-state index in [-0.39, 0.29) is 11.4 Å². The molecule has 16 heavy (non-hydrogen) atoms. The van der Waals surface area contributed by atoms with E-state index < -0.39 is 0 Å². The molecule has 3 heteroatoms. The molecule has 1 saturated carbocycles. The van der Waals surface area contributed by atoms with E-state index in [4.69, 9.17) is 4.74 Å². The van der Waals surface area contributed by atoms with E-state index in [9.17, 15) is 4.79 Å². The first-order valence-electron chi connectivity index (χ1n) is 5.51. The van der Waals surface area contributed by atoms with Gasteiger partial charge in [0.2, 0.25) is 0 Å². The molecule has 1 aliphatic rings. The van der Waals surface area contributed by atoms with Crippen molar-refractivity contribution in [2.75, 3.05) is 7.11 Å². The second-order valence-electron chi connectivity index (χ2n) is 4.23. The van der Waals surface area contributed by atoms with Crippen molar-refractivity contribution in [2.24, 2.45) is 0 Å². The van der Waals surface area contributed by atoms with Gasteiger partial charge in [0, 0.05) is 4.47 Å². The van der Waals surface area contributed by atoms with Crippen molar-refractivity contribution < 1.29 is 9.53 Å². The molecule has 0 radical (unpaired) electrons. The largest absolute Gasteiger partial charge is 0.468 e. The molecule has 0 atom stereocenters. The molecule has 0 N–H and O–H groups in total. The van der Waals surface area contributed by atoms with Crippen LogP contribution in [0.2, 0.25) is 0 Å². The Morgan fingerprint density at radius 2 is 2.19 bits per heavy atom. The highest BCUT2D eigenvalue weighted by molar-refractivity contribution is 9.10. The lowest BCUT2D eigenvalue weighted by Gasteiger charge is -2.14. The van der Waals surface area contributed by atoms with Gasteiger partial charge in [0.1, 0.15) is 0 Å². The molecule has 0 unspecified atom stereocenters. The molecule has 0 amide bonds. The molecular formula is C13H15BrO2. The van der Waals surface area contributed by atoms with Crippen molar-refractivity contribution in [3.8, 4) is 0 Å². The van der Waals surface area contributed by atoms with Gasteiger partial charge in [0.05, 0.1) is 12.5 Å². The second kappa shape index (κ2) is 4.21. The maximum Gasteiger partial charge on any atom is 0.316 e. The minimum absolute atomic E-state index is 0.108. The zero-order valence-corrected chi connectivity index (χ0v) is 11.1. The number of halogens is 1. The van der Waals surface area contributed by atoms with Gasteiger partial charge in [-0.15, -0.1) is 0 Å². The Bertz CT molecular complexity index is 422. The molecule has 2 rings (SSSR count). The van der Waals surface area contributed by atoms with Gasteiger partial charge in [0.15, 0.2) is 0 Å². The van der Waals surface area contributed by atoms with Crippen molar-refractivity contribution >= 4 is 21.9 Å². The zero-order valence-electron chi connectivity index (χ0n) is 9.55. The first-order chi connectivity index (χ1) is 7.64. The van der Waals surface area contributed by atoms with Crippen molar-refractivity contribution in [1.29, 1.82) is 0 Å². The van der Waals surface area contributed by atoms with Crippen molar-refractivity contribution in [1.82, 2.24) is 0 Å². The Kier molecular flexibility index (Phi) is 3.06. The van der Waals surface area contributed by atoms with Gasteiger partial charge in [-0.25, -0.2) is 0 Å². The fourth-order valence-electron chi connectivity index (χ4n) is 2.06. The Labute approximate surface area is 104 Å². The molecule has 0 heterocycles. The predicted octanol–water partition coefficient (Wildman–Crippen LogP) is 3.22. The normalized spacial score (nSPS) is 16.9. The summed E-state index contributed by atoms with van der Waals surface area (Å²) in [6.07, 6.45) is 2.79. The van der Waals surface area contributed by atoms with Crippen LogP contribution < -0.4 is 0 Å². The molecule has 0 bridgehead atoms. The lowest BCUT2D eigenvalue weighted by atomic mass is 9.95. The van der Waals surface area contributed by atoms with Crippen molar-refractivity contribution in [3.05, 3.63) is 33.8 Å². The molecular weight excluding hydrogens is 268 g/mol. The molecule has 1 aromatic rings. The predicted molar refractivity (Wildman–Crippen MR) is 66.4 cm³/mol. The number of carbonyl (C=O) groups excluding carboxylic acids is 1. The number of rotatable bonds is 3. The first kappa shape index (κ1) is 11.6. The van der Waals surface area contributed by atoms with Crippen molar-refractivity contribution in [3.63, 3.8) is 0 Å². The van der Waals surface area contributed by atoms with Crippen LogP contribution in [0.5, 0.6) is 0 Å². The number of ether oxygens (including phenoxy) is 1. The summed E-state index contributed by atoms with van der Waals surface area (Å²) in [5.74, 6) is -0.108. The molecule has 1 aliphatic carbocycles. The summed E-state index contributed by atoms with van der Waals surface area (Å²) in [6.45, 7) is 2.12. The highest BCUT2D eigenvalue weighted by atomic mass is 79.9. The molecule has 1 fully saturated rings. The topological polar surface area (TPSA) is 26.3 Å². The summed E-state index contributed by atoms with van der Waals surface area (Å²) < 4.78 is 5.96. The fourth-order valence-corrected chi connectivity index (χ4v) is 2.72. The molecule has 2 nitrogen and oxygen atoms in total. The number of carbonyl (C=O) groups is 1. The lowest BCUT2D eigenvalue weighted by Crippen LogP contribution is -2.21. The monoisotopic (exact) mass is 282 g/mol. The van der Waals surface area contributed by atoms with E-state index in [0.29, 0.717) is 0 Å². The summed E-state index contributed by atoms with van der Waals surface area (Å²) in [5, 5.41) is 0. The number of hydrogen-bond acceptors (Lipinski definition) is 2. The standard InChI is InChI=1S/C13H15BrO2/c1-3-9-4-5-10(8-11(9)14)13(6-7-13)12(15)16-2/h4-5,8H,3,6-7H2,1-2H3. The first-order valence-corrected chi connectivity index (χ1v) is 6.30. The maximum absolute atomic E-state index is 11.7. The van der Waals surface area contributed by atoms with Gasteiger partial charge in [0.25, 0.3) is 0 Å². The van der Waals surface area contributed by atoms with Crippen LogP contribution >= 0.6 is 15.9 Å². The zero-order chi connectivity index (χ0) is 11.8. The second-order valence-corrected chi connectivity index (χ2v) is 5.09. The van der Waals surface area contributed by atoms with E-state index in [2.05, 4.69) is 35.0 Å². The molecule has 86 valence electrons. The highest BCUT2D eigenvalue weighted by Crippen LogP contribution is 2.49. The maximum atomic E-state index is 11.7. The van der Waals surface area contributed by atoms with Crippen LogP contribution in [0.3, 0.4) is 0 Å². The van der Waals surface area contributed by atoms with E-state index >= 15 is 0 Å². The van der Waals surface area contributed by atoms with Crippen LogP contribution in [0.25, 0.3) is 0 Å². The summed E-state index contributed by atoms with van der Waals surface area (Å²) in [6, 6.07) is 6.19. The minimum Gasteiger partial charge on any atom is -0.468 e. The van der Waals surface area contributed by atoms with Gasteiger partial charge in [-0.3, -0.25) is 4.79 Å². The number of methoxy groups -OCH3 is 1. The quantitative estimate of drug-likeness (QED) is 0.796. The number of aryl methyl sites for hydroxylation is 1. The third-order valence-electron chi connectivity index (χ3n) is 3.31. The van der Waals surface area contributed by atoms with Gasteiger partial charge < -0.3 is 4.74 Å². The number of benzene rings is 1. The van der Waals surface area contributed by atoms with E-state index in [1.165, 1.54) is 12.7 Å². The summed E-state index contributed by atoms with van der Waals surface area (Å²) in [4.78, 5) is 11.7. The molecule has 0 aliphatic heterocycles. The van der Waals surface area contributed by atoms with Gasteiger partial charge >= 0.3 is 5.97 Å². The lowest BCUT2D eigenvalue weighted by molar-refractivity contribution is -0.143. The summed E-state index contributed by atoms with van der Waals surface area (Å²) >= 11 is 3.55. The SMILES string of the molecule is CCc1ccc(C2(C(=O)OC)CC2)cc1Br. The van der Waals surface area contributed by atoms with Crippen LogP contribution in [0.15, 0.2) is 22.7 Å². The van der Waals surface area contributed by atoms with Crippen LogP contribution in [0.4, 0.5) is 0 Å². The third kappa shape index (κ3) is 1.77. The summed E-state index contributed by atoms with van der Waals surface area (Å²) in [7, 11) is 1.46. The Morgan fingerprint density at radius 3 is 2.62 bits per heavy atom. The van der Waals surface area contributed by atoms with E-state index in [1.807, 2.05) is 6.07 Å². The third-order valence-corrected chi connectivity index (χ3v) is 4.05. The molecule has 0 aromatic heterocycles. The van der Waals surface area contributed by atoms with Crippen molar-refractivity contribution in [2.45, 2.75) is 31.6 Å². The highest BCUT2D eigenvalue weighted by Gasteiger charge is 2.52. The van der Waals surface area contributed by atoms with Crippen LogP contribution in [0, 0.1) is 0 Å². The Morgan fingerprint density at radius 1 is 1.50 bits per heavy atom. The van der Waals surface area contributed by atoms with E-state index in [0.717, 1.165) is 29.3 Å². The average Bonchev–Trinajstić information content (AvgIpc) is 3.09. The average molecular weight is 283 g/mol. The Balaban J connectivity index is 2.35. The fraction of sp³-hybridized carbons (Fsp3) is 0.462. The molecule has 0 saturated heterocycles. The molecule has 1 aromatic carbocycles. The van der Waals surface area contributed by atoms with Crippen LogP contribution in [-0.4, -0.2) is 13.1 Å². The van der Waals surface area contributed by atoms with Gasteiger partial charge in [-0.05, 0) is 36.5 Å². The van der Waals surface area contributed by atoms with Crippen LogP contribution in [-0.2, 0) is 21.4 Å². The number of esters is 1. The van der Waals surface area contributed by atoms with Gasteiger partial charge in [-0.1, -0.05) is 35.0 Å². The minimum atomic E-state index is -0.358. The summed E-state index contributed by atoms with van der Waals surface area (Å²) in [5.41, 5.74) is 1.98. The Hall–Kier alpha value is -0.830. The molecule has 0 spiro atoms.